The molecule has 0 radical (unpaired) electrons. The van der Waals surface area contributed by atoms with Crippen molar-refractivity contribution in [3.05, 3.63) is 69.7 Å². The van der Waals surface area contributed by atoms with Gasteiger partial charge in [0.15, 0.2) is 0 Å². The minimum atomic E-state index is -4.73. The lowest BCUT2D eigenvalue weighted by Gasteiger charge is -2.37. The maximum absolute atomic E-state index is 14.7. The molecule has 2 aromatic carbocycles. The number of aryl methyl sites for hydroxylation is 2. The third kappa shape index (κ3) is 21.1. The van der Waals surface area contributed by atoms with Crippen LogP contribution in [0, 0.1) is 24.7 Å². The van der Waals surface area contributed by atoms with Crippen molar-refractivity contribution >= 4 is 76.6 Å². The van der Waals surface area contributed by atoms with Crippen molar-refractivity contribution in [2.75, 3.05) is 82.1 Å². The van der Waals surface area contributed by atoms with Gasteiger partial charge in [0, 0.05) is 87.7 Å². The second-order valence-electron chi connectivity index (χ2n) is 26.3. The van der Waals surface area contributed by atoms with Gasteiger partial charge in [-0.25, -0.2) is 0 Å². The zero-order valence-electron chi connectivity index (χ0n) is 56.5. The largest absolute Gasteiger partial charge is 0.417 e. The molecule has 2 heterocycles. The Bertz CT molecular complexity index is 2980. The van der Waals surface area contributed by atoms with E-state index in [1.165, 1.54) is 65.8 Å². The maximum Gasteiger partial charge on any atom is 0.417 e. The summed E-state index contributed by atoms with van der Waals surface area (Å²) in [6.07, 6.45) is 0.135. The first-order valence-corrected chi connectivity index (χ1v) is 32.9. The lowest BCUT2D eigenvalue weighted by atomic mass is 9.94. The number of alkyl halides is 3. The van der Waals surface area contributed by atoms with Gasteiger partial charge in [-0.15, -0.1) is 0 Å². The van der Waals surface area contributed by atoms with Crippen LogP contribution in [-0.4, -0.2) is 229 Å². The predicted molar refractivity (Wildman–Crippen MR) is 345 cm³/mol. The van der Waals surface area contributed by atoms with Crippen molar-refractivity contribution in [1.82, 2.24) is 55.1 Å². The van der Waals surface area contributed by atoms with Crippen LogP contribution in [-0.2, 0) is 71.8 Å². The third-order valence-electron chi connectivity index (χ3n) is 18.7. The molecule has 26 heteroatoms. The summed E-state index contributed by atoms with van der Waals surface area (Å²) in [7, 11) is 10.2. The molecule has 0 bridgehead atoms. The fourth-order valence-corrected chi connectivity index (χ4v) is 12.6. The van der Waals surface area contributed by atoms with Gasteiger partial charge in [-0.2, -0.15) is 13.2 Å². The zero-order valence-corrected chi connectivity index (χ0v) is 57.3. The molecule has 0 aromatic heterocycles. The lowest BCUT2D eigenvalue weighted by molar-refractivity contribution is -0.149. The number of halogens is 4. The topological polar surface area (TPSA) is 250 Å². The van der Waals surface area contributed by atoms with Crippen LogP contribution in [0.4, 0.5) is 13.2 Å². The summed E-state index contributed by atoms with van der Waals surface area (Å²) in [5, 5.41) is 7.94. The Morgan fingerprint density at radius 1 is 0.624 bits per heavy atom. The summed E-state index contributed by atoms with van der Waals surface area (Å²) in [6, 6.07) is 3.13. The third-order valence-corrected chi connectivity index (χ3v) is 19.0. The number of amides is 11. The van der Waals surface area contributed by atoms with E-state index in [0.29, 0.717) is 49.7 Å². The summed E-state index contributed by atoms with van der Waals surface area (Å²) < 4.78 is 41.1. The summed E-state index contributed by atoms with van der Waals surface area (Å²) >= 11 is 6.08. The second kappa shape index (κ2) is 34.7. The van der Waals surface area contributed by atoms with Gasteiger partial charge in [-0.1, -0.05) is 94.5 Å². The van der Waals surface area contributed by atoms with Crippen LogP contribution in [0.25, 0.3) is 0 Å². The summed E-state index contributed by atoms with van der Waals surface area (Å²) in [5.41, 5.74) is 0.842. The second-order valence-corrected chi connectivity index (χ2v) is 26.7. The first-order chi connectivity index (χ1) is 43.7. The monoisotopic (exact) mass is 1330 g/mol. The molecule has 516 valence electrons. The molecule has 2 saturated heterocycles. The van der Waals surface area contributed by atoms with Gasteiger partial charge in [0.1, 0.15) is 36.3 Å². The Morgan fingerprint density at radius 3 is 1.85 bits per heavy atom. The highest BCUT2D eigenvalue weighted by Crippen LogP contribution is 2.36. The molecular formula is C67H99ClF3N11O11. The van der Waals surface area contributed by atoms with Gasteiger partial charge >= 0.3 is 6.18 Å². The maximum atomic E-state index is 14.7. The highest BCUT2D eigenvalue weighted by atomic mass is 35.5. The highest BCUT2D eigenvalue weighted by molar-refractivity contribution is 6.31. The number of carbonyl (C=O) groups excluding carboxylic acids is 11. The zero-order chi connectivity index (χ0) is 69.3. The SMILES string of the molecule is CC[C@H](C)[C@@H]1NC(=O)[C@H](CC(C)C)N(C)C(=O)C[C@@H](C)N(C)C(=O)[C@H](C2CCCC2)N(C)C(=O)CCCCNC(=O)[C@@H]2CCCN2C(=O)[C@H](CCc2ccc(C(F)(F)F)c(Cl)c2)NC(=O)CN(C)C(=O)[C@H](Cc2ccc(C)cc2)N(C)C(=O)CN(C)C(=O)CN(C)C1=O. The van der Waals surface area contributed by atoms with Gasteiger partial charge in [0.05, 0.1) is 30.2 Å². The molecule has 11 amide bonds. The molecule has 2 aliphatic heterocycles. The van der Waals surface area contributed by atoms with E-state index in [9.17, 15) is 65.9 Å². The van der Waals surface area contributed by atoms with Crippen molar-refractivity contribution in [3.8, 4) is 0 Å². The number of benzene rings is 2. The molecule has 8 atom stereocenters. The first kappa shape index (κ1) is 76.4. The molecule has 1 aliphatic carbocycles. The van der Waals surface area contributed by atoms with E-state index in [0.717, 1.165) is 45.2 Å². The Balaban J connectivity index is 1.48. The van der Waals surface area contributed by atoms with Gasteiger partial charge in [0.2, 0.25) is 65.0 Å². The van der Waals surface area contributed by atoms with E-state index < -0.39 is 138 Å². The predicted octanol–water partition coefficient (Wildman–Crippen LogP) is 5.48. The number of hydrogen-bond acceptors (Lipinski definition) is 11. The summed E-state index contributed by atoms with van der Waals surface area (Å²) in [5.74, 6) is -6.89. The van der Waals surface area contributed by atoms with Gasteiger partial charge < -0.3 is 55.1 Å². The standard InChI is InChI=1S/C67H99ClF3N11O11/c1-14-43(5)59-65(92)77(9)39-57(86)75(7)40-58(87)80(12)53(37-46-26-24-42(4)25-27-46)64(91)76(8)38-54(83)73-50(31-29-45-28-30-48(49(68)36-45)67(69,70)71)63(90)82-33-19-22-51(82)61(88)72-32-18-17-23-55(84)81(13)60(47-20-15-16-21-47)66(93)78(10)44(6)35-56(85)79(11)52(34-41(2)3)62(89)74-59/h24-28,30,36,41,43-44,47,50-53,59-60H,14-23,29,31-35,37-40H2,1-13H3,(H,72,88)(H,73,83)(H,74,89)/t43-,44+,50-,51-,52-,53-,59-,60-/m0/s1. The average molecular weight is 1330 g/mol. The fourth-order valence-electron chi connectivity index (χ4n) is 12.3. The highest BCUT2D eigenvalue weighted by Gasteiger charge is 2.42. The van der Waals surface area contributed by atoms with Crippen molar-refractivity contribution in [1.29, 1.82) is 0 Å². The Hall–Kier alpha value is -7.31. The van der Waals surface area contributed by atoms with Crippen LogP contribution < -0.4 is 16.0 Å². The molecule has 2 aromatic rings. The Kier molecular flexibility index (Phi) is 28.5. The number of fused-ring (bicyclic) bond motifs is 1. The molecule has 93 heavy (non-hydrogen) atoms. The number of nitrogens with one attached hydrogen (secondary N) is 3. The molecule has 22 nitrogen and oxygen atoms in total. The smallest absolute Gasteiger partial charge is 0.354 e. The van der Waals surface area contributed by atoms with Crippen molar-refractivity contribution in [2.45, 2.75) is 186 Å². The minimum absolute atomic E-state index is 0.0319. The Morgan fingerprint density at radius 2 is 1.24 bits per heavy atom. The van der Waals surface area contributed by atoms with Crippen LogP contribution in [0.3, 0.4) is 0 Å². The van der Waals surface area contributed by atoms with E-state index in [2.05, 4.69) is 16.0 Å². The van der Waals surface area contributed by atoms with E-state index in [-0.39, 0.29) is 81.7 Å². The molecule has 1 saturated carbocycles. The summed E-state index contributed by atoms with van der Waals surface area (Å²) in [4.78, 5) is 168. The summed E-state index contributed by atoms with van der Waals surface area (Å²) in [6.45, 7) is 9.57. The van der Waals surface area contributed by atoms with Gasteiger partial charge in [-0.3, -0.25) is 52.7 Å². The Labute approximate surface area is 551 Å². The van der Waals surface area contributed by atoms with Crippen LogP contribution >= 0.6 is 11.6 Å². The molecule has 3 fully saturated rings. The van der Waals surface area contributed by atoms with Gasteiger partial charge in [-0.05, 0) is 113 Å². The van der Waals surface area contributed by atoms with E-state index >= 15 is 0 Å². The number of carbonyl (C=O) groups is 11. The first-order valence-electron chi connectivity index (χ1n) is 32.5. The molecular weight excluding hydrogens is 1230 g/mol. The van der Waals surface area contributed by atoms with Crippen molar-refractivity contribution in [3.63, 3.8) is 0 Å². The molecule has 3 aliphatic rings. The number of hydrogen-bond donors (Lipinski definition) is 3. The normalized spacial score (nSPS) is 24.8. The van der Waals surface area contributed by atoms with Crippen LogP contribution in [0.1, 0.15) is 140 Å². The number of nitrogens with zero attached hydrogens (tertiary/aromatic N) is 8. The minimum Gasteiger partial charge on any atom is -0.354 e. The quantitative estimate of drug-likeness (QED) is 0.269. The van der Waals surface area contributed by atoms with Crippen LogP contribution in [0.15, 0.2) is 42.5 Å². The van der Waals surface area contributed by atoms with Crippen LogP contribution in [0.2, 0.25) is 5.02 Å². The molecule has 0 unspecified atom stereocenters. The molecule has 3 N–H and O–H groups in total. The van der Waals surface area contributed by atoms with E-state index in [1.54, 1.807) is 40.1 Å². The van der Waals surface area contributed by atoms with Crippen LogP contribution in [0.5, 0.6) is 0 Å². The van der Waals surface area contributed by atoms with Crippen molar-refractivity contribution < 1.29 is 65.9 Å². The van der Waals surface area contributed by atoms with E-state index in [4.69, 9.17) is 11.6 Å². The average Bonchev–Trinajstić information content (AvgIpc) is 1.77. The van der Waals surface area contributed by atoms with E-state index in [1.807, 2.05) is 39.8 Å². The molecule has 5 rings (SSSR count). The van der Waals surface area contributed by atoms with Crippen molar-refractivity contribution in [2.24, 2.45) is 17.8 Å². The lowest BCUT2D eigenvalue weighted by Crippen LogP contribution is -2.58. The number of rotatable bonds is 10. The fraction of sp³-hybridized carbons (Fsp3) is 0.657. The van der Waals surface area contributed by atoms with Gasteiger partial charge in [0.25, 0.3) is 0 Å². The molecule has 0 spiro atoms. The number of likely N-dealkylation sites (N-methyl/N-ethyl adjacent to an activating group) is 7.